The van der Waals surface area contributed by atoms with Crippen LogP contribution >= 0.6 is 0 Å². The lowest BCUT2D eigenvalue weighted by Crippen LogP contribution is -2.28. The van der Waals surface area contributed by atoms with Crippen molar-refractivity contribution in [2.75, 3.05) is 6.61 Å². The number of nitrogens with zero attached hydrogens (tertiary/aromatic N) is 2. The molecule has 0 aromatic carbocycles. The highest BCUT2D eigenvalue weighted by Gasteiger charge is 2.28. The van der Waals surface area contributed by atoms with Gasteiger partial charge in [-0.25, -0.2) is 0 Å². The molecule has 0 saturated heterocycles. The molecule has 0 aliphatic carbocycles. The fourth-order valence-corrected chi connectivity index (χ4v) is 1.16. The molecule has 0 aliphatic heterocycles. The standard InChI is InChI=1S/C11H17F3N2O3/c1-10(2,3)7(17)4-9-15-8(16-19-9)5-18-6-11(12,13)14/h7,17H,4-6H2,1-3H3. The molecular weight excluding hydrogens is 265 g/mol. The van der Waals surface area contributed by atoms with Crippen molar-refractivity contribution >= 4 is 0 Å². The second-order valence-corrected chi connectivity index (χ2v) is 5.30. The summed E-state index contributed by atoms with van der Waals surface area (Å²) in [5, 5.41) is 13.3. The van der Waals surface area contributed by atoms with Crippen LogP contribution in [0, 0.1) is 5.41 Å². The molecular formula is C11H17F3N2O3. The third-order valence-electron chi connectivity index (χ3n) is 2.37. The summed E-state index contributed by atoms with van der Waals surface area (Å²) in [6.07, 6.45) is -4.91. The van der Waals surface area contributed by atoms with E-state index in [1.165, 1.54) is 0 Å². The van der Waals surface area contributed by atoms with Gasteiger partial charge in [0.1, 0.15) is 13.2 Å². The number of aromatic nitrogens is 2. The highest BCUT2D eigenvalue weighted by atomic mass is 19.4. The van der Waals surface area contributed by atoms with Crippen LogP contribution in [-0.4, -0.2) is 34.1 Å². The minimum absolute atomic E-state index is 0.0281. The molecule has 5 nitrogen and oxygen atoms in total. The Hall–Kier alpha value is -1.15. The van der Waals surface area contributed by atoms with Gasteiger partial charge in [0.25, 0.3) is 0 Å². The smallest absolute Gasteiger partial charge is 0.392 e. The largest absolute Gasteiger partial charge is 0.411 e. The van der Waals surface area contributed by atoms with Crippen molar-refractivity contribution in [2.45, 2.75) is 46.1 Å². The van der Waals surface area contributed by atoms with Crippen LogP contribution in [0.5, 0.6) is 0 Å². The lowest BCUT2D eigenvalue weighted by atomic mass is 9.87. The zero-order valence-electron chi connectivity index (χ0n) is 11.0. The number of hydrogen-bond donors (Lipinski definition) is 1. The predicted molar refractivity (Wildman–Crippen MR) is 59.2 cm³/mol. The van der Waals surface area contributed by atoms with Gasteiger partial charge in [0.2, 0.25) is 5.89 Å². The van der Waals surface area contributed by atoms with Crippen LogP contribution < -0.4 is 0 Å². The van der Waals surface area contributed by atoms with Crippen LogP contribution in [0.2, 0.25) is 0 Å². The first-order valence-electron chi connectivity index (χ1n) is 5.72. The van der Waals surface area contributed by atoms with Gasteiger partial charge < -0.3 is 14.4 Å². The highest BCUT2D eigenvalue weighted by Crippen LogP contribution is 2.22. The van der Waals surface area contributed by atoms with Gasteiger partial charge >= 0.3 is 6.18 Å². The van der Waals surface area contributed by atoms with Gasteiger partial charge in [-0.1, -0.05) is 25.9 Å². The van der Waals surface area contributed by atoms with Gasteiger partial charge in [-0.3, -0.25) is 0 Å². The number of halogens is 3. The molecule has 1 aromatic heterocycles. The van der Waals surface area contributed by atoms with E-state index >= 15 is 0 Å². The molecule has 0 spiro atoms. The quantitative estimate of drug-likeness (QED) is 0.895. The molecule has 110 valence electrons. The molecule has 1 heterocycles. The first-order chi connectivity index (χ1) is 8.58. The van der Waals surface area contributed by atoms with E-state index in [1.807, 2.05) is 20.8 Å². The molecule has 0 radical (unpaired) electrons. The van der Waals surface area contributed by atoms with Crippen LogP contribution in [0.1, 0.15) is 32.5 Å². The van der Waals surface area contributed by atoms with Gasteiger partial charge in [-0.2, -0.15) is 18.2 Å². The molecule has 8 heteroatoms. The first-order valence-corrected chi connectivity index (χ1v) is 5.72. The van der Waals surface area contributed by atoms with E-state index in [4.69, 9.17) is 4.52 Å². The molecule has 0 aliphatic rings. The summed E-state index contributed by atoms with van der Waals surface area (Å²) in [4.78, 5) is 3.85. The third-order valence-corrected chi connectivity index (χ3v) is 2.37. The van der Waals surface area contributed by atoms with Crippen molar-refractivity contribution in [1.82, 2.24) is 10.1 Å². The summed E-state index contributed by atoms with van der Waals surface area (Å²) >= 11 is 0. The summed E-state index contributed by atoms with van der Waals surface area (Å²) in [5.41, 5.74) is -0.346. The molecule has 0 bridgehead atoms. The SMILES string of the molecule is CC(C)(C)C(O)Cc1nc(COCC(F)(F)F)no1. The monoisotopic (exact) mass is 282 g/mol. The molecule has 1 atom stereocenters. The lowest BCUT2D eigenvalue weighted by molar-refractivity contribution is -0.177. The van der Waals surface area contributed by atoms with E-state index in [0.717, 1.165) is 0 Å². The van der Waals surface area contributed by atoms with Crippen molar-refractivity contribution in [1.29, 1.82) is 0 Å². The fraction of sp³-hybridized carbons (Fsp3) is 0.818. The summed E-state index contributed by atoms with van der Waals surface area (Å²) in [7, 11) is 0. The van der Waals surface area contributed by atoms with Gasteiger partial charge in [0.05, 0.1) is 12.5 Å². The Morgan fingerprint density at radius 2 is 1.95 bits per heavy atom. The highest BCUT2D eigenvalue weighted by molar-refractivity contribution is 4.89. The molecule has 0 fully saturated rings. The lowest BCUT2D eigenvalue weighted by Gasteiger charge is -2.24. The van der Waals surface area contributed by atoms with Crippen LogP contribution in [0.3, 0.4) is 0 Å². The summed E-state index contributed by atoms with van der Waals surface area (Å²) in [6.45, 7) is 3.81. The van der Waals surface area contributed by atoms with Crippen LogP contribution in [0.4, 0.5) is 13.2 Å². The summed E-state index contributed by atoms with van der Waals surface area (Å²) in [5.74, 6) is 0.202. The molecule has 19 heavy (non-hydrogen) atoms. The van der Waals surface area contributed by atoms with E-state index < -0.39 is 18.9 Å². The zero-order chi connectivity index (χ0) is 14.7. The van der Waals surface area contributed by atoms with Gasteiger partial charge in [0.15, 0.2) is 5.82 Å². The molecule has 0 saturated carbocycles. The Bertz CT molecular complexity index is 399. The minimum atomic E-state index is -4.38. The second-order valence-electron chi connectivity index (χ2n) is 5.30. The number of ether oxygens (including phenoxy) is 1. The van der Waals surface area contributed by atoms with Crippen molar-refractivity contribution in [3.63, 3.8) is 0 Å². The van der Waals surface area contributed by atoms with Gasteiger partial charge in [-0.15, -0.1) is 0 Å². The van der Waals surface area contributed by atoms with E-state index in [0.29, 0.717) is 0 Å². The predicted octanol–water partition coefficient (Wildman–Crippen LogP) is 2.10. The second kappa shape index (κ2) is 5.87. The summed E-state index contributed by atoms with van der Waals surface area (Å²) < 4.78 is 44.8. The molecule has 1 aromatic rings. The molecule has 1 rings (SSSR count). The Morgan fingerprint density at radius 1 is 1.32 bits per heavy atom. The average molecular weight is 282 g/mol. The maximum atomic E-state index is 11.8. The number of aliphatic hydroxyl groups excluding tert-OH is 1. The Kier molecular flexibility index (Phi) is 4.92. The van der Waals surface area contributed by atoms with E-state index in [2.05, 4.69) is 14.9 Å². The minimum Gasteiger partial charge on any atom is -0.392 e. The molecule has 0 amide bonds. The number of alkyl halides is 3. The number of rotatable bonds is 5. The van der Waals surface area contributed by atoms with Gasteiger partial charge in [0, 0.05) is 0 Å². The maximum absolute atomic E-state index is 11.8. The van der Waals surface area contributed by atoms with Crippen LogP contribution in [0.25, 0.3) is 0 Å². The molecule has 1 N–H and O–H groups in total. The van der Waals surface area contributed by atoms with Crippen molar-refractivity contribution in [2.24, 2.45) is 5.41 Å². The third kappa shape index (κ3) is 6.02. The number of hydrogen-bond acceptors (Lipinski definition) is 5. The average Bonchev–Trinajstić information content (AvgIpc) is 2.62. The van der Waals surface area contributed by atoms with Crippen LogP contribution in [-0.2, 0) is 17.8 Å². The normalized spacial score (nSPS) is 14.7. The number of aliphatic hydroxyl groups is 1. The Morgan fingerprint density at radius 3 is 2.47 bits per heavy atom. The van der Waals surface area contributed by atoms with E-state index in [1.54, 1.807) is 0 Å². The zero-order valence-corrected chi connectivity index (χ0v) is 11.0. The van der Waals surface area contributed by atoms with E-state index in [-0.39, 0.29) is 30.2 Å². The van der Waals surface area contributed by atoms with Gasteiger partial charge in [-0.05, 0) is 5.41 Å². The van der Waals surface area contributed by atoms with Crippen molar-refractivity contribution < 1.29 is 27.5 Å². The first kappa shape index (κ1) is 15.9. The maximum Gasteiger partial charge on any atom is 0.411 e. The Labute approximate surface area is 108 Å². The summed E-state index contributed by atoms with van der Waals surface area (Å²) in [6, 6.07) is 0. The van der Waals surface area contributed by atoms with Crippen molar-refractivity contribution in [3.8, 4) is 0 Å². The Balaban J connectivity index is 2.45. The molecule has 1 unspecified atom stereocenters. The topological polar surface area (TPSA) is 68.4 Å². The fourth-order valence-electron chi connectivity index (χ4n) is 1.16. The van der Waals surface area contributed by atoms with Crippen molar-refractivity contribution in [3.05, 3.63) is 11.7 Å². The van der Waals surface area contributed by atoms with Crippen LogP contribution in [0.15, 0.2) is 4.52 Å². The van der Waals surface area contributed by atoms with E-state index in [9.17, 15) is 18.3 Å².